The van der Waals surface area contributed by atoms with E-state index in [9.17, 15) is 18.0 Å². The fourth-order valence-corrected chi connectivity index (χ4v) is 5.13. The summed E-state index contributed by atoms with van der Waals surface area (Å²) in [4.78, 5) is 35.2. The van der Waals surface area contributed by atoms with Crippen LogP contribution in [0.2, 0.25) is 0 Å². The molecule has 12 heteroatoms. The van der Waals surface area contributed by atoms with Crippen molar-refractivity contribution in [3.63, 3.8) is 0 Å². The van der Waals surface area contributed by atoms with E-state index in [1.807, 2.05) is 6.07 Å². The molecule has 0 bridgehead atoms. The molecule has 4 rings (SSSR count). The van der Waals surface area contributed by atoms with Crippen molar-refractivity contribution in [2.45, 2.75) is 50.2 Å². The van der Waals surface area contributed by atoms with Crippen LogP contribution in [-0.2, 0) is 30.8 Å². The van der Waals surface area contributed by atoms with Crippen LogP contribution in [0.25, 0.3) is 22.3 Å². The summed E-state index contributed by atoms with van der Waals surface area (Å²) in [5.41, 5.74) is 3.95. The Morgan fingerprint density at radius 2 is 1.88 bits per heavy atom. The third-order valence-corrected chi connectivity index (χ3v) is 9.13. The minimum Gasteiger partial charge on any atom is -0.481 e. The Morgan fingerprint density at radius 3 is 2.48 bits per heavy atom. The zero-order valence-electron chi connectivity index (χ0n) is 22.6. The molecule has 10 nitrogen and oxygen atoms in total. The molecular formula is C28H32FN3O7S. The van der Waals surface area contributed by atoms with Gasteiger partial charge in [-0.05, 0) is 43.4 Å². The van der Waals surface area contributed by atoms with Gasteiger partial charge in [0.2, 0.25) is 5.88 Å². The molecule has 1 fully saturated rings. The number of amides is 1. The Bertz CT molecular complexity index is 1500. The van der Waals surface area contributed by atoms with Gasteiger partial charge in [0, 0.05) is 61.5 Å². The number of carbonyl (C=O) groups excluding carboxylic acids is 1. The Labute approximate surface area is 232 Å². The number of nitrogens with zero attached hydrogens (tertiary/aromatic N) is 2. The van der Waals surface area contributed by atoms with Crippen LogP contribution in [0.15, 0.2) is 59.7 Å². The van der Waals surface area contributed by atoms with Gasteiger partial charge in [-0.1, -0.05) is 24.3 Å². The summed E-state index contributed by atoms with van der Waals surface area (Å²) >= 11 is 0. The summed E-state index contributed by atoms with van der Waals surface area (Å²) in [6, 6.07) is 11.7. The maximum atomic E-state index is 15.1. The number of aryl methyl sites for hydroxylation is 1. The number of methoxy groups -OCH3 is 1. The lowest BCUT2D eigenvalue weighted by atomic mass is 10.0. The first-order valence-corrected chi connectivity index (χ1v) is 14.7. The van der Waals surface area contributed by atoms with Crippen LogP contribution in [0.3, 0.4) is 0 Å². The molecule has 0 aliphatic carbocycles. The Morgan fingerprint density at radius 1 is 1.18 bits per heavy atom. The topological polar surface area (TPSA) is 126 Å². The number of hydroxylamine groups is 1. The van der Waals surface area contributed by atoms with Gasteiger partial charge < -0.3 is 14.0 Å². The summed E-state index contributed by atoms with van der Waals surface area (Å²) in [6.45, 7) is 1.52. The first kappa shape index (κ1) is 29.4. The fraction of sp³-hybridized carbons (Fsp3) is 0.393. The predicted molar refractivity (Wildman–Crippen MR) is 147 cm³/mol. The van der Waals surface area contributed by atoms with Crippen LogP contribution in [-0.4, -0.2) is 54.9 Å². The molecule has 2 aromatic heterocycles. The van der Waals surface area contributed by atoms with E-state index in [2.05, 4.69) is 10.5 Å². The van der Waals surface area contributed by atoms with E-state index in [1.54, 1.807) is 36.5 Å². The average Bonchev–Trinajstić information content (AvgIpc) is 2.96. The van der Waals surface area contributed by atoms with Gasteiger partial charge in [-0.25, -0.2) is 28.1 Å². The van der Waals surface area contributed by atoms with Crippen LogP contribution in [0, 0.1) is 5.82 Å². The van der Waals surface area contributed by atoms with E-state index in [0.29, 0.717) is 24.5 Å². The van der Waals surface area contributed by atoms with Gasteiger partial charge in [-0.15, -0.1) is 0 Å². The van der Waals surface area contributed by atoms with Crippen LogP contribution in [0.5, 0.6) is 5.88 Å². The van der Waals surface area contributed by atoms with Crippen LogP contribution in [0.4, 0.5) is 4.39 Å². The number of benzene rings is 1. The number of carbonyl (C=O) groups is 1. The molecule has 3 heterocycles. The lowest BCUT2D eigenvalue weighted by Gasteiger charge is -2.28. The number of halogens is 1. The molecule has 1 aromatic carbocycles. The first-order valence-electron chi connectivity index (χ1n) is 12.8. The molecule has 1 saturated heterocycles. The van der Waals surface area contributed by atoms with Crippen molar-refractivity contribution in [2.24, 2.45) is 0 Å². The van der Waals surface area contributed by atoms with E-state index in [4.69, 9.17) is 14.3 Å². The zero-order chi connectivity index (χ0) is 28.9. The van der Waals surface area contributed by atoms with Crippen molar-refractivity contribution < 1.29 is 31.9 Å². The Kier molecular flexibility index (Phi) is 9.02. The van der Waals surface area contributed by atoms with Gasteiger partial charge in [0.15, 0.2) is 20.9 Å². The molecule has 1 amide bonds. The number of pyridine rings is 2. The average molecular weight is 574 g/mol. The number of ether oxygens (including phenoxy) is 2. The number of hydrogen-bond donors (Lipinski definition) is 1. The Hall–Kier alpha value is -3.61. The predicted octanol–water partition coefficient (Wildman–Crippen LogP) is 3.49. The van der Waals surface area contributed by atoms with Crippen molar-refractivity contribution in [1.29, 1.82) is 0 Å². The van der Waals surface area contributed by atoms with E-state index in [1.165, 1.54) is 14.0 Å². The van der Waals surface area contributed by atoms with E-state index < -0.39 is 38.2 Å². The normalized spacial score (nSPS) is 17.1. The number of rotatable bonds is 10. The third kappa shape index (κ3) is 6.57. The summed E-state index contributed by atoms with van der Waals surface area (Å²) < 4.78 is 49.9. The number of hydrogen-bond acceptors (Lipinski definition) is 8. The highest BCUT2D eigenvalue weighted by atomic mass is 32.2. The number of aromatic nitrogens is 2. The van der Waals surface area contributed by atoms with Crippen molar-refractivity contribution in [1.82, 2.24) is 15.0 Å². The quantitative estimate of drug-likeness (QED) is 0.366. The monoisotopic (exact) mass is 573 g/mol. The van der Waals surface area contributed by atoms with E-state index in [-0.39, 0.29) is 18.5 Å². The SMILES string of the molecule is COc1ccc(-c2ccc(-c3cc(=O)n(CC[C@](C)(C(=O)NOC4CCCCO4)S(C)(=O)=O)cc3F)cc2)cn1. The summed E-state index contributed by atoms with van der Waals surface area (Å²) in [6.07, 6.45) is 4.98. The molecule has 3 aromatic rings. The van der Waals surface area contributed by atoms with Gasteiger partial charge in [0.1, 0.15) is 5.82 Å². The minimum absolute atomic E-state index is 0.102. The second-order valence-corrected chi connectivity index (χ2v) is 12.3. The highest BCUT2D eigenvalue weighted by Crippen LogP contribution is 2.27. The Balaban J connectivity index is 1.48. The molecule has 1 aliphatic rings. The van der Waals surface area contributed by atoms with Crippen molar-refractivity contribution in [3.8, 4) is 28.1 Å². The highest BCUT2D eigenvalue weighted by molar-refractivity contribution is 7.92. The van der Waals surface area contributed by atoms with Crippen molar-refractivity contribution in [2.75, 3.05) is 20.0 Å². The molecule has 0 spiro atoms. The van der Waals surface area contributed by atoms with Gasteiger partial charge in [0.05, 0.1) is 7.11 Å². The van der Waals surface area contributed by atoms with Crippen LogP contribution >= 0.6 is 0 Å². The molecule has 40 heavy (non-hydrogen) atoms. The smallest absolute Gasteiger partial charge is 0.264 e. The van der Waals surface area contributed by atoms with Gasteiger partial charge in [-0.3, -0.25) is 9.59 Å². The molecule has 2 atom stereocenters. The standard InChI is InChI=1S/C28H32FN3O7S/c1-28(40(3,35)36,27(34)31-39-26-6-4-5-15-38-26)13-14-32-18-23(29)22(16-25(32)33)20-9-7-19(8-10-20)21-11-12-24(37-2)30-17-21/h7-12,16-18,26H,4-6,13-15H2,1-3H3,(H,31,34)/t26?,28-/m1/s1. The first-order chi connectivity index (χ1) is 19.0. The number of nitrogens with one attached hydrogen (secondary N) is 1. The molecular weight excluding hydrogens is 541 g/mol. The maximum Gasteiger partial charge on any atom is 0.264 e. The molecule has 1 N–H and O–H groups in total. The summed E-state index contributed by atoms with van der Waals surface area (Å²) in [5, 5.41) is 0. The molecule has 0 saturated carbocycles. The third-order valence-electron chi connectivity index (χ3n) is 7.10. The molecule has 1 unspecified atom stereocenters. The lowest BCUT2D eigenvalue weighted by Crippen LogP contribution is -2.51. The van der Waals surface area contributed by atoms with Gasteiger partial charge in [0.25, 0.3) is 11.5 Å². The van der Waals surface area contributed by atoms with Gasteiger partial charge >= 0.3 is 0 Å². The van der Waals surface area contributed by atoms with E-state index >= 15 is 4.39 Å². The summed E-state index contributed by atoms with van der Waals surface area (Å²) in [7, 11) is -2.41. The largest absolute Gasteiger partial charge is 0.481 e. The summed E-state index contributed by atoms with van der Waals surface area (Å²) in [5.74, 6) is -1.06. The van der Waals surface area contributed by atoms with Crippen LogP contribution in [0.1, 0.15) is 32.6 Å². The van der Waals surface area contributed by atoms with Crippen molar-refractivity contribution in [3.05, 3.63) is 71.0 Å². The fourth-order valence-electron chi connectivity index (χ4n) is 4.29. The second-order valence-electron chi connectivity index (χ2n) is 9.83. The minimum atomic E-state index is -3.95. The molecule has 0 radical (unpaired) electrons. The second kappa shape index (κ2) is 12.3. The lowest BCUT2D eigenvalue weighted by molar-refractivity contribution is -0.201. The zero-order valence-corrected chi connectivity index (χ0v) is 23.4. The van der Waals surface area contributed by atoms with E-state index in [0.717, 1.165) is 47.1 Å². The highest BCUT2D eigenvalue weighted by Gasteiger charge is 2.44. The maximum absolute atomic E-state index is 15.1. The van der Waals surface area contributed by atoms with Crippen molar-refractivity contribution >= 4 is 15.7 Å². The van der Waals surface area contributed by atoms with Gasteiger partial charge in [-0.2, -0.15) is 0 Å². The molecule has 1 aliphatic heterocycles. The molecule has 214 valence electrons. The van der Waals surface area contributed by atoms with Crippen LogP contribution < -0.4 is 15.8 Å². The number of sulfone groups is 1.